The summed E-state index contributed by atoms with van der Waals surface area (Å²) in [5.41, 5.74) is 7.66. The number of carboxylic acids is 1. The van der Waals surface area contributed by atoms with Gasteiger partial charge in [-0.1, -0.05) is 19.1 Å². The first-order valence-electron chi connectivity index (χ1n) is 11.8. The molecule has 184 valence electrons. The van der Waals surface area contributed by atoms with Crippen molar-refractivity contribution < 1.29 is 19.5 Å². The molecule has 1 aromatic carbocycles. The van der Waals surface area contributed by atoms with Crippen LogP contribution in [-0.2, 0) is 4.79 Å². The first kappa shape index (κ1) is 24.7. The molecule has 35 heavy (non-hydrogen) atoms. The number of carboxylic acid groups (broad SMARTS) is 1. The molecule has 3 N–H and O–H groups in total. The summed E-state index contributed by atoms with van der Waals surface area (Å²) in [6, 6.07) is 8.86. The maximum atomic E-state index is 13.5. The molecule has 0 spiro atoms. The van der Waals surface area contributed by atoms with Crippen molar-refractivity contribution >= 4 is 34.9 Å². The molecule has 1 aliphatic rings. The van der Waals surface area contributed by atoms with Crippen LogP contribution in [-0.4, -0.2) is 38.7 Å². The lowest BCUT2D eigenvalue weighted by atomic mass is 9.82. The van der Waals surface area contributed by atoms with E-state index in [0.717, 1.165) is 36.8 Å². The summed E-state index contributed by atoms with van der Waals surface area (Å²) in [6.45, 7) is 5.95. The van der Waals surface area contributed by atoms with Gasteiger partial charge in [0.15, 0.2) is 5.82 Å². The highest BCUT2D eigenvalue weighted by atomic mass is 32.1. The molecule has 3 aromatic rings. The summed E-state index contributed by atoms with van der Waals surface area (Å²) in [4.78, 5) is 39.3. The Kier molecular flexibility index (Phi) is 7.07. The minimum absolute atomic E-state index is 0.0193. The number of amides is 2. The van der Waals surface area contributed by atoms with Gasteiger partial charge in [0.25, 0.3) is 5.91 Å². The Morgan fingerprint density at radius 2 is 1.77 bits per heavy atom. The van der Waals surface area contributed by atoms with Gasteiger partial charge in [0.05, 0.1) is 10.6 Å². The summed E-state index contributed by atoms with van der Waals surface area (Å²) in [7, 11) is 0. The third kappa shape index (κ3) is 5.00. The molecule has 0 saturated heterocycles. The van der Waals surface area contributed by atoms with Gasteiger partial charge in [-0.3, -0.25) is 14.5 Å². The molecule has 4 rings (SSSR count). The molecule has 1 fully saturated rings. The number of aromatic carboxylic acids is 1. The van der Waals surface area contributed by atoms with Crippen molar-refractivity contribution in [3.8, 4) is 16.8 Å². The van der Waals surface area contributed by atoms with Crippen LogP contribution >= 0.6 is 11.3 Å². The third-order valence-electron chi connectivity index (χ3n) is 6.60. The number of rotatable bonds is 7. The zero-order chi connectivity index (χ0) is 25.3. The summed E-state index contributed by atoms with van der Waals surface area (Å²) >= 11 is 1.29. The number of carbonyl (C=O) groups excluding carboxylic acids is 2. The standard InChI is InChI=1S/C26H30N4O4S/c1-15(2)30(25(32)18-6-4-16(3)5-7-18)24-21(26(33)34)14-29(28-24)19-10-8-17(9-11-19)20-12-13-35-22(20)23(27)31/h8-16,18H,4-7H2,1-3H3,(H2,27,31)(H,33,34). The first-order valence-corrected chi connectivity index (χ1v) is 12.7. The summed E-state index contributed by atoms with van der Waals surface area (Å²) in [5, 5.41) is 16.3. The minimum Gasteiger partial charge on any atom is -0.477 e. The van der Waals surface area contributed by atoms with E-state index in [1.165, 1.54) is 22.2 Å². The molecular weight excluding hydrogens is 464 g/mol. The van der Waals surface area contributed by atoms with Crippen LogP contribution in [0, 0.1) is 11.8 Å². The van der Waals surface area contributed by atoms with Crippen LogP contribution in [0.15, 0.2) is 41.9 Å². The summed E-state index contributed by atoms with van der Waals surface area (Å²) in [5.74, 6) is -1.03. The van der Waals surface area contributed by atoms with Crippen LogP contribution in [0.3, 0.4) is 0 Å². The molecule has 0 aliphatic heterocycles. The van der Waals surface area contributed by atoms with Crippen molar-refractivity contribution in [2.24, 2.45) is 17.6 Å². The summed E-state index contributed by atoms with van der Waals surface area (Å²) in [6.07, 6.45) is 5.05. The van der Waals surface area contributed by atoms with Crippen LogP contribution in [0.2, 0.25) is 0 Å². The predicted molar refractivity (Wildman–Crippen MR) is 136 cm³/mol. The van der Waals surface area contributed by atoms with Crippen LogP contribution in [0.25, 0.3) is 16.8 Å². The number of nitrogens with two attached hydrogens (primary N) is 1. The third-order valence-corrected chi connectivity index (χ3v) is 7.53. The van der Waals surface area contributed by atoms with Gasteiger partial charge in [-0.2, -0.15) is 0 Å². The Morgan fingerprint density at radius 1 is 1.11 bits per heavy atom. The average Bonchev–Trinajstić information content (AvgIpc) is 3.48. The number of nitrogens with zero attached hydrogens (tertiary/aromatic N) is 3. The van der Waals surface area contributed by atoms with E-state index in [1.54, 1.807) is 17.0 Å². The maximum absolute atomic E-state index is 13.5. The first-order chi connectivity index (χ1) is 16.7. The second-order valence-electron chi connectivity index (χ2n) is 9.45. The molecule has 1 aliphatic carbocycles. The second kappa shape index (κ2) is 10.0. The molecule has 0 unspecified atom stereocenters. The molecule has 1 saturated carbocycles. The van der Waals surface area contributed by atoms with Crippen molar-refractivity contribution in [2.45, 2.75) is 52.5 Å². The topological polar surface area (TPSA) is 119 Å². The molecular formula is C26H30N4O4S. The Balaban J connectivity index is 1.67. The zero-order valence-corrected chi connectivity index (χ0v) is 20.9. The van der Waals surface area contributed by atoms with E-state index in [4.69, 9.17) is 5.73 Å². The molecule has 2 amide bonds. The largest absolute Gasteiger partial charge is 0.477 e. The number of carbonyl (C=O) groups is 3. The van der Waals surface area contributed by atoms with E-state index >= 15 is 0 Å². The minimum atomic E-state index is -1.14. The highest BCUT2D eigenvalue weighted by molar-refractivity contribution is 7.12. The SMILES string of the molecule is CC1CCC(C(=O)N(c2nn(-c3ccc(-c4ccsc4C(N)=O)cc3)cc2C(=O)O)C(C)C)CC1. The number of thiophene rings is 1. The fraction of sp³-hybridized carbons (Fsp3) is 0.385. The predicted octanol–water partition coefficient (Wildman–Crippen LogP) is 4.97. The Morgan fingerprint density at radius 3 is 2.34 bits per heavy atom. The monoisotopic (exact) mass is 494 g/mol. The summed E-state index contributed by atoms with van der Waals surface area (Å²) < 4.78 is 1.48. The van der Waals surface area contributed by atoms with Crippen LogP contribution in [0.1, 0.15) is 66.5 Å². The number of hydrogen-bond donors (Lipinski definition) is 2. The van der Waals surface area contributed by atoms with Gasteiger partial charge in [-0.25, -0.2) is 9.48 Å². The normalized spacial score (nSPS) is 17.9. The van der Waals surface area contributed by atoms with Crippen molar-refractivity contribution in [1.29, 1.82) is 0 Å². The van der Waals surface area contributed by atoms with Gasteiger partial charge in [0.1, 0.15) is 5.56 Å². The second-order valence-corrected chi connectivity index (χ2v) is 10.4. The maximum Gasteiger partial charge on any atom is 0.341 e. The number of primary amides is 1. The van der Waals surface area contributed by atoms with E-state index in [9.17, 15) is 19.5 Å². The van der Waals surface area contributed by atoms with E-state index in [2.05, 4.69) is 12.0 Å². The molecule has 9 heteroatoms. The molecule has 2 aromatic heterocycles. The van der Waals surface area contributed by atoms with Gasteiger partial charge in [0.2, 0.25) is 5.91 Å². The fourth-order valence-electron chi connectivity index (χ4n) is 4.65. The number of aromatic nitrogens is 2. The van der Waals surface area contributed by atoms with Crippen molar-refractivity contribution in [3.63, 3.8) is 0 Å². The quantitative estimate of drug-likeness (QED) is 0.481. The van der Waals surface area contributed by atoms with Crippen LogP contribution in [0.5, 0.6) is 0 Å². The van der Waals surface area contributed by atoms with Gasteiger partial charge < -0.3 is 10.8 Å². The van der Waals surface area contributed by atoms with Crippen molar-refractivity contribution in [1.82, 2.24) is 9.78 Å². The van der Waals surface area contributed by atoms with E-state index in [1.807, 2.05) is 37.4 Å². The number of benzene rings is 1. The van der Waals surface area contributed by atoms with E-state index < -0.39 is 11.9 Å². The van der Waals surface area contributed by atoms with E-state index in [0.29, 0.717) is 16.5 Å². The Labute approximate surface area is 208 Å². The number of hydrogen-bond acceptors (Lipinski definition) is 5. The fourth-order valence-corrected chi connectivity index (χ4v) is 5.42. The molecule has 8 nitrogen and oxygen atoms in total. The Hall–Kier alpha value is -3.46. The van der Waals surface area contributed by atoms with Crippen molar-refractivity contribution in [2.75, 3.05) is 4.90 Å². The van der Waals surface area contributed by atoms with Gasteiger partial charge in [-0.05, 0) is 74.6 Å². The van der Waals surface area contributed by atoms with Crippen LogP contribution in [0.4, 0.5) is 5.82 Å². The highest BCUT2D eigenvalue weighted by Gasteiger charge is 2.34. The lowest BCUT2D eigenvalue weighted by molar-refractivity contribution is -0.124. The van der Waals surface area contributed by atoms with Gasteiger partial charge in [-0.15, -0.1) is 16.4 Å². The van der Waals surface area contributed by atoms with Crippen molar-refractivity contribution in [3.05, 3.63) is 52.3 Å². The molecule has 2 heterocycles. The number of anilines is 1. The lowest BCUT2D eigenvalue weighted by Gasteiger charge is -2.32. The Bertz CT molecular complexity index is 1240. The van der Waals surface area contributed by atoms with Crippen LogP contribution < -0.4 is 10.6 Å². The molecule has 0 atom stereocenters. The van der Waals surface area contributed by atoms with E-state index in [-0.39, 0.29) is 29.2 Å². The zero-order valence-electron chi connectivity index (χ0n) is 20.1. The molecule has 0 radical (unpaired) electrons. The van der Waals surface area contributed by atoms with Gasteiger partial charge in [0, 0.05) is 23.7 Å². The highest BCUT2D eigenvalue weighted by Crippen LogP contribution is 2.33. The average molecular weight is 495 g/mol. The molecule has 0 bridgehead atoms. The smallest absolute Gasteiger partial charge is 0.341 e. The lowest BCUT2D eigenvalue weighted by Crippen LogP contribution is -2.43. The van der Waals surface area contributed by atoms with Gasteiger partial charge >= 0.3 is 5.97 Å².